The Hall–Kier alpha value is -1.94. The average Bonchev–Trinajstić information content (AvgIpc) is 2.37. The van der Waals surface area contributed by atoms with Crippen molar-refractivity contribution >= 4 is 0 Å². The zero-order chi connectivity index (χ0) is 13.8. The Morgan fingerprint density at radius 3 is 2.68 bits per heavy atom. The smallest absolute Gasteiger partial charge is 0.137 e. The third-order valence-corrected chi connectivity index (χ3v) is 2.83. The van der Waals surface area contributed by atoms with Crippen LogP contribution in [0, 0.1) is 12.7 Å². The van der Waals surface area contributed by atoms with Crippen LogP contribution in [0.5, 0.6) is 5.75 Å². The fraction of sp³-hybridized carbons (Fsp3) is 0.267. The average molecular weight is 260 g/mol. The summed E-state index contributed by atoms with van der Waals surface area (Å²) in [5, 5.41) is 0. The van der Waals surface area contributed by atoms with E-state index in [1.54, 1.807) is 12.4 Å². The van der Waals surface area contributed by atoms with Gasteiger partial charge in [0.2, 0.25) is 0 Å². The summed E-state index contributed by atoms with van der Waals surface area (Å²) in [5.41, 5.74) is 8.53. The van der Waals surface area contributed by atoms with Crippen LogP contribution < -0.4 is 10.5 Å². The molecule has 0 bridgehead atoms. The lowest BCUT2D eigenvalue weighted by Gasteiger charge is -2.14. The van der Waals surface area contributed by atoms with Gasteiger partial charge in [-0.3, -0.25) is 4.98 Å². The minimum absolute atomic E-state index is 0.278. The molecule has 1 aromatic heterocycles. The fourth-order valence-corrected chi connectivity index (χ4v) is 1.99. The van der Waals surface area contributed by atoms with Gasteiger partial charge in [-0.15, -0.1) is 0 Å². The number of aryl methyl sites for hydroxylation is 1. The summed E-state index contributed by atoms with van der Waals surface area (Å²) in [7, 11) is 0. The lowest BCUT2D eigenvalue weighted by molar-refractivity contribution is 0.338. The van der Waals surface area contributed by atoms with Crippen molar-refractivity contribution in [2.45, 2.75) is 19.9 Å². The molecular weight excluding hydrogens is 243 g/mol. The van der Waals surface area contributed by atoms with E-state index in [4.69, 9.17) is 10.5 Å². The topological polar surface area (TPSA) is 48.1 Å². The number of benzene rings is 1. The van der Waals surface area contributed by atoms with Crippen molar-refractivity contribution in [3.8, 4) is 5.75 Å². The molecule has 0 aliphatic rings. The number of halogens is 1. The van der Waals surface area contributed by atoms with Crippen LogP contribution in [0.2, 0.25) is 0 Å². The Labute approximate surface area is 112 Å². The van der Waals surface area contributed by atoms with Gasteiger partial charge in [-0.05, 0) is 48.7 Å². The van der Waals surface area contributed by atoms with Crippen LogP contribution in [0.15, 0.2) is 36.7 Å². The number of hydrogen-bond acceptors (Lipinski definition) is 3. The lowest BCUT2D eigenvalue weighted by atomic mass is 9.99. The van der Waals surface area contributed by atoms with Gasteiger partial charge in [-0.2, -0.15) is 0 Å². The van der Waals surface area contributed by atoms with Crippen LogP contribution in [0.25, 0.3) is 0 Å². The number of hydrogen-bond donors (Lipinski definition) is 1. The molecule has 0 aliphatic carbocycles. The van der Waals surface area contributed by atoms with E-state index >= 15 is 0 Å². The van der Waals surface area contributed by atoms with Crippen LogP contribution in [0.3, 0.4) is 0 Å². The van der Waals surface area contributed by atoms with E-state index in [1.165, 1.54) is 12.1 Å². The van der Waals surface area contributed by atoms with Crippen molar-refractivity contribution in [2.75, 3.05) is 6.61 Å². The second-order valence-electron chi connectivity index (χ2n) is 4.43. The van der Waals surface area contributed by atoms with Gasteiger partial charge in [0.15, 0.2) is 0 Å². The van der Waals surface area contributed by atoms with Gasteiger partial charge < -0.3 is 10.5 Å². The first kappa shape index (κ1) is 13.5. The maximum Gasteiger partial charge on any atom is 0.137 e. The van der Waals surface area contributed by atoms with Crippen molar-refractivity contribution in [3.63, 3.8) is 0 Å². The molecule has 2 aromatic rings. The van der Waals surface area contributed by atoms with Crippen LogP contribution in [0.1, 0.15) is 29.7 Å². The molecule has 0 fully saturated rings. The molecule has 1 heterocycles. The maximum atomic E-state index is 13.4. The monoisotopic (exact) mass is 260 g/mol. The Kier molecular flexibility index (Phi) is 4.12. The number of nitrogens with zero attached hydrogens (tertiary/aromatic N) is 1. The number of nitrogens with two attached hydrogens (primary N) is 1. The molecular formula is C15H17FN2O. The van der Waals surface area contributed by atoms with Gasteiger partial charge in [0, 0.05) is 6.20 Å². The Bertz CT molecular complexity index is 552. The minimum atomic E-state index is -0.415. The van der Waals surface area contributed by atoms with Gasteiger partial charge in [-0.1, -0.05) is 6.07 Å². The van der Waals surface area contributed by atoms with E-state index in [1.807, 2.05) is 26.0 Å². The highest BCUT2D eigenvalue weighted by molar-refractivity contribution is 5.35. The van der Waals surface area contributed by atoms with E-state index in [-0.39, 0.29) is 5.82 Å². The van der Waals surface area contributed by atoms with Crippen molar-refractivity contribution in [1.82, 2.24) is 4.98 Å². The largest absolute Gasteiger partial charge is 0.492 e. The van der Waals surface area contributed by atoms with Crippen molar-refractivity contribution in [2.24, 2.45) is 5.73 Å². The molecule has 2 rings (SSSR count). The Balaban J connectivity index is 2.32. The number of rotatable bonds is 4. The Morgan fingerprint density at radius 2 is 2.00 bits per heavy atom. The lowest BCUT2D eigenvalue weighted by Crippen LogP contribution is -2.13. The summed E-state index contributed by atoms with van der Waals surface area (Å²) in [6.45, 7) is 4.32. The van der Waals surface area contributed by atoms with E-state index in [0.29, 0.717) is 12.4 Å². The molecule has 19 heavy (non-hydrogen) atoms. The molecule has 0 spiro atoms. The van der Waals surface area contributed by atoms with E-state index < -0.39 is 6.04 Å². The van der Waals surface area contributed by atoms with Crippen LogP contribution in [0.4, 0.5) is 4.39 Å². The van der Waals surface area contributed by atoms with E-state index in [0.717, 1.165) is 16.7 Å². The van der Waals surface area contributed by atoms with Gasteiger partial charge in [0.05, 0.1) is 18.8 Å². The molecule has 0 aliphatic heterocycles. The summed E-state index contributed by atoms with van der Waals surface area (Å²) >= 11 is 0. The molecule has 4 heteroatoms. The molecule has 0 amide bonds. The van der Waals surface area contributed by atoms with Crippen molar-refractivity contribution in [3.05, 3.63) is 59.2 Å². The predicted octanol–water partition coefficient (Wildman–Crippen LogP) is 2.98. The SMILES string of the molecule is CCOc1cncc(C(N)c2cc(C)cc(F)c2)c1. The van der Waals surface area contributed by atoms with Crippen molar-refractivity contribution in [1.29, 1.82) is 0 Å². The molecule has 1 atom stereocenters. The number of aromatic nitrogens is 1. The first-order valence-corrected chi connectivity index (χ1v) is 6.20. The summed E-state index contributed by atoms with van der Waals surface area (Å²) < 4.78 is 18.8. The standard InChI is InChI=1S/C15H17FN2O/c1-3-19-14-7-12(8-18-9-14)15(17)11-4-10(2)5-13(16)6-11/h4-9,15H,3,17H2,1-2H3. The zero-order valence-corrected chi connectivity index (χ0v) is 11.1. The molecule has 3 nitrogen and oxygen atoms in total. The first-order valence-electron chi connectivity index (χ1n) is 6.20. The van der Waals surface area contributed by atoms with Gasteiger partial charge in [0.1, 0.15) is 11.6 Å². The van der Waals surface area contributed by atoms with E-state index in [9.17, 15) is 4.39 Å². The zero-order valence-electron chi connectivity index (χ0n) is 11.1. The predicted molar refractivity (Wildman–Crippen MR) is 72.6 cm³/mol. The molecule has 100 valence electrons. The summed E-state index contributed by atoms with van der Waals surface area (Å²) in [6, 6.07) is 6.22. The number of pyridine rings is 1. The van der Waals surface area contributed by atoms with Crippen LogP contribution in [-0.2, 0) is 0 Å². The second-order valence-corrected chi connectivity index (χ2v) is 4.43. The highest BCUT2D eigenvalue weighted by Crippen LogP contribution is 2.23. The summed E-state index contributed by atoms with van der Waals surface area (Å²) in [4.78, 5) is 4.10. The van der Waals surface area contributed by atoms with Gasteiger partial charge >= 0.3 is 0 Å². The van der Waals surface area contributed by atoms with Crippen molar-refractivity contribution < 1.29 is 9.13 Å². The molecule has 0 saturated heterocycles. The second kappa shape index (κ2) is 5.80. The first-order chi connectivity index (χ1) is 9.10. The third kappa shape index (κ3) is 3.29. The minimum Gasteiger partial charge on any atom is -0.492 e. The molecule has 2 N–H and O–H groups in total. The highest BCUT2D eigenvalue weighted by atomic mass is 19.1. The Morgan fingerprint density at radius 1 is 1.21 bits per heavy atom. The van der Waals surface area contributed by atoms with Gasteiger partial charge in [-0.25, -0.2) is 4.39 Å². The maximum absolute atomic E-state index is 13.4. The van der Waals surface area contributed by atoms with Crippen LogP contribution >= 0.6 is 0 Å². The van der Waals surface area contributed by atoms with E-state index in [2.05, 4.69) is 4.98 Å². The highest BCUT2D eigenvalue weighted by Gasteiger charge is 2.12. The molecule has 0 saturated carbocycles. The quantitative estimate of drug-likeness (QED) is 0.919. The third-order valence-electron chi connectivity index (χ3n) is 2.83. The fourth-order valence-electron chi connectivity index (χ4n) is 1.99. The molecule has 1 unspecified atom stereocenters. The molecule has 0 radical (unpaired) electrons. The number of ether oxygens (including phenoxy) is 1. The summed E-state index contributed by atoms with van der Waals surface area (Å²) in [6.07, 6.45) is 3.31. The normalized spacial score (nSPS) is 12.2. The summed E-state index contributed by atoms with van der Waals surface area (Å²) in [5.74, 6) is 0.392. The van der Waals surface area contributed by atoms with Crippen LogP contribution in [-0.4, -0.2) is 11.6 Å². The molecule has 1 aromatic carbocycles. The van der Waals surface area contributed by atoms with Gasteiger partial charge in [0.25, 0.3) is 0 Å².